The summed E-state index contributed by atoms with van der Waals surface area (Å²) in [7, 11) is 0. The third-order valence-corrected chi connectivity index (χ3v) is 8.02. The van der Waals surface area contributed by atoms with Gasteiger partial charge in [-0.1, -0.05) is 12.1 Å². The predicted octanol–water partition coefficient (Wildman–Crippen LogP) is 4.30. The number of likely N-dealkylation sites (tertiary alicyclic amines) is 1. The number of carboxylic acids is 1. The second-order valence-electron chi connectivity index (χ2n) is 10.4. The molecule has 4 amide bonds. The summed E-state index contributed by atoms with van der Waals surface area (Å²) in [5.74, 6) is -3.25. The molecular weight excluding hydrogens is 508 g/mol. The van der Waals surface area contributed by atoms with Crippen LogP contribution in [0.1, 0.15) is 62.2 Å². The van der Waals surface area contributed by atoms with Crippen molar-refractivity contribution in [1.29, 1.82) is 0 Å². The Kier molecular flexibility index (Phi) is 7.60. The Hall–Kier alpha value is -3.86. The predicted molar refractivity (Wildman–Crippen MR) is 138 cm³/mol. The number of hydrogen-bond acceptors (Lipinski definition) is 5. The SMILES string of the molecule is CC1=C(C(=O)O)[C@H](c2ccc(F)c(F)c2)N(C(=O)N[C@@H]2CCN(C3CCC(c4ccccn4)CC3)C2)C(=O)N1. The maximum Gasteiger partial charge on any atom is 0.335 e. The molecule has 3 N–H and O–H groups in total. The zero-order chi connectivity index (χ0) is 27.7. The van der Waals surface area contributed by atoms with E-state index in [4.69, 9.17) is 0 Å². The molecule has 1 aromatic carbocycles. The number of rotatable bonds is 5. The number of halogens is 2. The zero-order valence-electron chi connectivity index (χ0n) is 21.6. The number of imide groups is 1. The lowest BCUT2D eigenvalue weighted by molar-refractivity contribution is -0.133. The number of allylic oxidation sites excluding steroid dienone is 1. The minimum Gasteiger partial charge on any atom is -0.478 e. The van der Waals surface area contributed by atoms with Gasteiger partial charge in [-0.05, 0) is 68.9 Å². The third kappa shape index (κ3) is 5.49. The molecule has 3 aliphatic rings. The van der Waals surface area contributed by atoms with Crippen LogP contribution in [0.3, 0.4) is 0 Å². The summed E-state index contributed by atoms with van der Waals surface area (Å²) in [4.78, 5) is 46.0. The lowest BCUT2D eigenvalue weighted by Gasteiger charge is -2.36. The number of nitrogens with zero attached hydrogens (tertiary/aromatic N) is 3. The summed E-state index contributed by atoms with van der Waals surface area (Å²) < 4.78 is 27.7. The van der Waals surface area contributed by atoms with Crippen LogP contribution in [0.2, 0.25) is 0 Å². The largest absolute Gasteiger partial charge is 0.478 e. The van der Waals surface area contributed by atoms with E-state index in [-0.39, 0.29) is 22.9 Å². The Morgan fingerprint density at radius 2 is 1.85 bits per heavy atom. The van der Waals surface area contributed by atoms with Crippen molar-refractivity contribution in [3.63, 3.8) is 0 Å². The Morgan fingerprint density at radius 1 is 1.08 bits per heavy atom. The highest BCUT2D eigenvalue weighted by molar-refractivity contribution is 6.01. The molecule has 0 unspecified atom stereocenters. The molecule has 0 radical (unpaired) electrons. The number of carbonyl (C=O) groups excluding carboxylic acids is 2. The quantitative estimate of drug-likeness (QED) is 0.522. The van der Waals surface area contributed by atoms with Gasteiger partial charge in [-0.15, -0.1) is 0 Å². The number of urea groups is 2. The standard InChI is InChI=1S/C28H31F2N5O4/c1-16-24(26(36)37)25(18-7-10-21(29)22(30)14-18)35(27(38)32-16)28(39)33-19-11-13-34(15-19)20-8-5-17(6-9-20)23-4-2-3-12-31-23/h2-4,7,10,12,14,17,19-20,25H,5-6,8-9,11,13,15H2,1H3,(H,32,38)(H,33,39)(H,36,37)/t17?,19-,20?,25+/m1/s1. The minimum atomic E-state index is -1.43. The van der Waals surface area contributed by atoms with Crippen LogP contribution in [0.5, 0.6) is 0 Å². The van der Waals surface area contributed by atoms with E-state index in [9.17, 15) is 28.3 Å². The van der Waals surface area contributed by atoms with Crippen LogP contribution < -0.4 is 10.6 Å². The van der Waals surface area contributed by atoms with Crippen molar-refractivity contribution in [1.82, 2.24) is 25.4 Å². The van der Waals surface area contributed by atoms with Crippen molar-refractivity contribution in [3.8, 4) is 0 Å². The molecule has 39 heavy (non-hydrogen) atoms. The number of hydrogen-bond donors (Lipinski definition) is 3. The van der Waals surface area contributed by atoms with Gasteiger partial charge in [-0.3, -0.25) is 9.88 Å². The van der Waals surface area contributed by atoms with E-state index in [1.165, 1.54) is 13.0 Å². The van der Waals surface area contributed by atoms with E-state index in [0.29, 0.717) is 24.9 Å². The monoisotopic (exact) mass is 539 g/mol. The summed E-state index contributed by atoms with van der Waals surface area (Å²) in [6.07, 6.45) is 6.65. The van der Waals surface area contributed by atoms with Crippen molar-refractivity contribution in [2.75, 3.05) is 13.1 Å². The molecule has 11 heteroatoms. The van der Waals surface area contributed by atoms with Crippen LogP contribution in [0.15, 0.2) is 53.9 Å². The first-order valence-electron chi connectivity index (χ1n) is 13.2. The van der Waals surface area contributed by atoms with Crippen LogP contribution in [0.25, 0.3) is 0 Å². The maximum absolute atomic E-state index is 14.1. The summed E-state index contributed by atoms with van der Waals surface area (Å²) in [5.41, 5.74) is 0.837. The second-order valence-corrected chi connectivity index (χ2v) is 10.4. The number of pyridine rings is 1. The van der Waals surface area contributed by atoms with Gasteiger partial charge < -0.3 is 15.7 Å². The average Bonchev–Trinajstić information content (AvgIpc) is 3.38. The molecule has 9 nitrogen and oxygen atoms in total. The molecule has 206 valence electrons. The van der Waals surface area contributed by atoms with E-state index in [1.807, 2.05) is 18.3 Å². The van der Waals surface area contributed by atoms with E-state index in [2.05, 4.69) is 26.6 Å². The molecule has 2 aliphatic heterocycles. The highest BCUT2D eigenvalue weighted by Crippen LogP contribution is 2.36. The molecule has 2 fully saturated rings. The normalized spacial score (nSPS) is 25.9. The Bertz CT molecular complexity index is 1300. The molecule has 5 rings (SSSR count). The Balaban J connectivity index is 1.27. The van der Waals surface area contributed by atoms with Crippen molar-refractivity contribution in [3.05, 3.63) is 76.8 Å². The second kappa shape index (κ2) is 11.1. The van der Waals surface area contributed by atoms with Gasteiger partial charge in [-0.2, -0.15) is 0 Å². The van der Waals surface area contributed by atoms with Crippen LogP contribution in [0.4, 0.5) is 18.4 Å². The molecule has 1 aromatic heterocycles. The molecule has 2 atom stereocenters. The number of carboxylic acid groups (broad SMARTS) is 1. The van der Waals surface area contributed by atoms with Gasteiger partial charge in [0.25, 0.3) is 0 Å². The summed E-state index contributed by atoms with van der Waals surface area (Å²) in [6.45, 7) is 2.79. The van der Waals surface area contributed by atoms with Gasteiger partial charge in [0.1, 0.15) is 6.04 Å². The molecule has 0 bridgehead atoms. The number of amides is 4. The van der Waals surface area contributed by atoms with Crippen molar-refractivity contribution in [2.24, 2.45) is 0 Å². The van der Waals surface area contributed by atoms with E-state index >= 15 is 0 Å². The van der Waals surface area contributed by atoms with E-state index in [0.717, 1.165) is 55.0 Å². The lowest BCUT2D eigenvalue weighted by atomic mass is 9.83. The fourth-order valence-electron chi connectivity index (χ4n) is 6.06. The molecule has 1 saturated heterocycles. The van der Waals surface area contributed by atoms with Crippen molar-refractivity contribution in [2.45, 2.75) is 63.1 Å². The molecule has 2 aromatic rings. The third-order valence-electron chi connectivity index (χ3n) is 8.02. The average molecular weight is 540 g/mol. The van der Waals surface area contributed by atoms with Gasteiger partial charge in [0.05, 0.1) is 5.57 Å². The zero-order valence-corrected chi connectivity index (χ0v) is 21.6. The molecule has 1 saturated carbocycles. The van der Waals surface area contributed by atoms with Gasteiger partial charge in [0.15, 0.2) is 11.6 Å². The van der Waals surface area contributed by atoms with Crippen LogP contribution in [0, 0.1) is 11.6 Å². The Morgan fingerprint density at radius 3 is 2.51 bits per heavy atom. The van der Waals surface area contributed by atoms with E-state index < -0.39 is 35.7 Å². The van der Waals surface area contributed by atoms with Crippen LogP contribution >= 0.6 is 0 Å². The maximum atomic E-state index is 14.1. The van der Waals surface area contributed by atoms with Gasteiger partial charge in [0, 0.05) is 48.7 Å². The van der Waals surface area contributed by atoms with Crippen LogP contribution in [-0.4, -0.2) is 63.1 Å². The van der Waals surface area contributed by atoms with Gasteiger partial charge in [0.2, 0.25) is 0 Å². The highest BCUT2D eigenvalue weighted by Gasteiger charge is 2.43. The molecular formula is C28H31F2N5O4. The van der Waals surface area contributed by atoms with Crippen molar-refractivity contribution >= 4 is 18.0 Å². The number of benzene rings is 1. The van der Waals surface area contributed by atoms with Gasteiger partial charge >= 0.3 is 18.0 Å². The summed E-state index contributed by atoms with van der Waals surface area (Å²) in [5, 5.41) is 15.1. The first-order valence-corrected chi connectivity index (χ1v) is 13.2. The summed E-state index contributed by atoms with van der Waals surface area (Å²) in [6, 6.07) is 5.93. The lowest BCUT2D eigenvalue weighted by Crippen LogP contribution is -2.56. The summed E-state index contributed by atoms with van der Waals surface area (Å²) >= 11 is 0. The minimum absolute atomic E-state index is 0.0200. The highest BCUT2D eigenvalue weighted by atomic mass is 19.2. The van der Waals surface area contributed by atoms with Gasteiger partial charge in [-0.25, -0.2) is 28.1 Å². The van der Waals surface area contributed by atoms with E-state index in [1.54, 1.807) is 0 Å². The number of aliphatic carboxylic acids is 1. The van der Waals surface area contributed by atoms with Crippen LogP contribution in [-0.2, 0) is 4.79 Å². The number of aromatic nitrogens is 1. The molecule has 3 heterocycles. The molecule has 0 spiro atoms. The number of carbonyl (C=O) groups is 3. The first-order chi connectivity index (χ1) is 18.7. The number of nitrogens with one attached hydrogen (secondary N) is 2. The Labute approximate surface area is 224 Å². The smallest absolute Gasteiger partial charge is 0.335 e. The fourth-order valence-corrected chi connectivity index (χ4v) is 6.06. The topological polar surface area (TPSA) is 115 Å². The first kappa shape index (κ1) is 26.7. The molecule has 1 aliphatic carbocycles. The van der Waals surface area contributed by atoms with Crippen molar-refractivity contribution < 1.29 is 28.3 Å². The fraction of sp³-hybridized carbons (Fsp3) is 0.429.